The van der Waals surface area contributed by atoms with Crippen LogP contribution in [0.2, 0.25) is 0 Å². The van der Waals surface area contributed by atoms with Gasteiger partial charge in [0.15, 0.2) is 18.2 Å². The van der Waals surface area contributed by atoms with Gasteiger partial charge in [-0.1, -0.05) is 0 Å². The summed E-state index contributed by atoms with van der Waals surface area (Å²) < 4.78 is 27.7. The molecule has 0 saturated heterocycles. The fraction of sp³-hybridized carbons (Fsp3) is 0.167. The third-order valence-electron chi connectivity index (χ3n) is 3.58. The maximum Gasteiger partial charge on any atom is 0.183 e. The smallest absolute Gasteiger partial charge is 0.183 e. The molecule has 0 atom stereocenters. The Morgan fingerprint density at radius 2 is 2.00 bits per heavy atom. The quantitative estimate of drug-likeness (QED) is 0.572. The summed E-state index contributed by atoms with van der Waals surface area (Å²) in [6.45, 7) is 2.32. The summed E-state index contributed by atoms with van der Waals surface area (Å²) in [7, 11) is 0. The zero-order valence-electron chi connectivity index (χ0n) is 13.5. The summed E-state index contributed by atoms with van der Waals surface area (Å²) in [6, 6.07) is 8.59. The van der Waals surface area contributed by atoms with Gasteiger partial charge in [0.25, 0.3) is 0 Å². The summed E-state index contributed by atoms with van der Waals surface area (Å²) in [6.07, 6.45) is 3.56. The first kappa shape index (κ1) is 16.8. The third-order valence-corrected chi connectivity index (χ3v) is 3.58. The van der Waals surface area contributed by atoms with Crippen LogP contribution in [0.25, 0.3) is 11.4 Å². The van der Waals surface area contributed by atoms with Gasteiger partial charge < -0.3 is 10.5 Å². The van der Waals surface area contributed by atoms with Crippen molar-refractivity contribution < 1.29 is 13.5 Å². The summed E-state index contributed by atoms with van der Waals surface area (Å²) in [4.78, 5) is 8.51. The predicted octanol–water partition coefficient (Wildman–Crippen LogP) is 3.02. The summed E-state index contributed by atoms with van der Waals surface area (Å²) in [5.74, 6) is -0.624. The number of hydrogen-bond donors (Lipinski definition) is 1. The van der Waals surface area contributed by atoms with Gasteiger partial charge in [-0.05, 0) is 31.5 Å². The molecule has 0 radical (unpaired) electrons. The maximum atomic E-state index is 13.9. The number of nitrogens with zero attached hydrogens (tertiary/aromatic N) is 3. The zero-order chi connectivity index (χ0) is 17.8. The molecule has 0 saturated carbocycles. The van der Waals surface area contributed by atoms with Gasteiger partial charge in [-0.25, -0.2) is 18.7 Å². The lowest BCUT2D eigenvalue weighted by Gasteiger charge is -2.09. The minimum atomic E-state index is -0.708. The SMILES string of the molecule is Cc1cc(NCCc2ccc[n+]([O-])c2)nc(-c2ccc(F)cc2F)n1. The van der Waals surface area contributed by atoms with Gasteiger partial charge in [-0.15, -0.1) is 0 Å². The number of aryl methyl sites for hydroxylation is 1. The Bertz CT molecular complexity index is 902. The minimum Gasteiger partial charge on any atom is -0.619 e. The van der Waals surface area contributed by atoms with Crippen molar-refractivity contribution in [1.82, 2.24) is 9.97 Å². The van der Waals surface area contributed by atoms with Gasteiger partial charge in [0.2, 0.25) is 0 Å². The second-order valence-electron chi connectivity index (χ2n) is 5.59. The Hall–Kier alpha value is -3.09. The van der Waals surface area contributed by atoms with E-state index < -0.39 is 11.6 Å². The number of anilines is 1. The van der Waals surface area contributed by atoms with Gasteiger partial charge in [0.1, 0.15) is 17.5 Å². The monoisotopic (exact) mass is 342 g/mol. The van der Waals surface area contributed by atoms with Crippen LogP contribution in [-0.2, 0) is 6.42 Å². The maximum absolute atomic E-state index is 13.9. The van der Waals surface area contributed by atoms with Crippen LogP contribution in [0.1, 0.15) is 11.3 Å². The second kappa shape index (κ2) is 7.21. The molecule has 0 aliphatic heterocycles. The molecule has 0 amide bonds. The van der Waals surface area contributed by atoms with E-state index in [1.165, 1.54) is 24.5 Å². The van der Waals surface area contributed by atoms with Gasteiger partial charge in [-0.3, -0.25) is 0 Å². The van der Waals surface area contributed by atoms with Crippen LogP contribution in [0.5, 0.6) is 0 Å². The van der Waals surface area contributed by atoms with Gasteiger partial charge in [0.05, 0.1) is 5.56 Å². The standard InChI is InChI=1S/C18H16F2N4O/c1-12-9-17(21-7-6-13-3-2-8-24(25)11-13)23-18(22-12)15-5-4-14(19)10-16(15)20/h2-5,8-11H,6-7H2,1H3,(H,21,22,23). The molecule has 3 rings (SSSR count). The molecular weight excluding hydrogens is 326 g/mol. The normalized spacial score (nSPS) is 10.7. The molecular formula is C18H16F2N4O. The van der Waals surface area contributed by atoms with Crippen molar-refractivity contribution >= 4 is 5.82 Å². The molecule has 3 aromatic rings. The molecule has 1 N–H and O–H groups in total. The van der Waals surface area contributed by atoms with Crippen molar-refractivity contribution in [3.05, 3.63) is 76.9 Å². The van der Waals surface area contributed by atoms with E-state index in [-0.39, 0.29) is 11.4 Å². The van der Waals surface area contributed by atoms with Crippen molar-refractivity contribution in [2.24, 2.45) is 0 Å². The first-order valence-corrected chi connectivity index (χ1v) is 7.74. The zero-order valence-corrected chi connectivity index (χ0v) is 13.5. The Labute approximate surface area is 143 Å². The molecule has 0 aliphatic carbocycles. The third kappa shape index (κ3) is 4.26. The fourth-order valence-corrected chi connectivity index (χ4v) is 2.43. The molecule has 5 nitrogen and oxygen atoms in total. The number of aromatic nitrogens is 3. The average Bonchev–Trinajstić information content (AvgIpc) is 2.54. The van der Waals surface area contributed by atoms with Crippen molar-refractivity contribution in [1.29, 1.82) is 0 Å². The van der Waals surface area contributed by atoms with Gasteiger partial charge in [0, 0.05) is 36.0 Å². The lowest BCUT2D eigenvalue weighted by molar-refractivity contribution is -0.605. The van der Waals surface area contributed by atoms with E-state index in [0.29, 0.717) is 24.5 Å². The summed E-state index contributed by atoms with van der Waals surface area (Å²) >= 11 is 0. The van der Waals surface area contributed by atoms with Crippen LogP contribution < -0.4 is 10.0 Å². The van der Waals surface area contributed by atoms with E-state index in [9.17, 15) is 14.0 Å². The number of rotatable bonds is 5. The molecule has 25 heavy (non-hydrogen) atoms. The first-order chi connectivity index (χ1) is 12.0. The van der Waals surface area contributed by atoms with E-state index >= 15 is 0 Å². The second-order valence-corrected chi connectivity index (χ2v) is 5.59. The first-order valence-electron chi connectivity index (χ1n) is 7.74. The summed E-state index contributed by atoms with van der Waals surface area (Å²) in [5.41, 5.74) is 1.69. The van der Waals surface area contributed by atoms with Crippen molar-refractivity contribution in [3.8, 4) is 11.4 Å². The largest absolute Gasteiger partial charge is 0.619 e. The van der Waals surface area contributed by atoms with Crippen LogP contribution in [0.4, 0.5) is 14.6 Å². The number of nitrogens with one attached hydrogen (secondary N) is 1. The van der Waals surface area contributed by atoms with E-state index in [0.717, 1.165) is 16.4 Å². The highest BCUT2D eigenvalue weighted by Crippen LogP contribution is 2.22. The van der Waals surface area contributed by atoms with E-state index in [1.54, 1.807) is 19.1 Å². The molecule has 7 heteroatoms. The number of benzene rings is 1. The van der Waals surface area contributed by atoms with Gasteiger partial charge in [-0.2, -0.15) is 4.73 Å². The molecule has 0 spiro atoms. The highest BCUT2D eigenvalue weighted by molar-refractivity contribution is 5.58. The van der Waals surface area contributed by atoms with Crippen molar-refractivity contribution in [3.63, 3.8) is 0 Å². The molecule has 0 bridgehead atoms. The van der Waals surface area contributed by atoms with Crippen molar-refractivity contribution in [2.45, 2.75) is 13.3 Å². The molecule has 2 heterocycles. The molecule has 0 fully saturated rings. The molecule has 2 aromatic heterocycles. The molecule has 1 aromatic carbocycles. The van der Waals surface area contributed by atoms with Crippen LogP contribution in [0.15, 0.2) is 48.8 Å². The van der Waals surface area contributed by atoms with E-state index in [2.05, 4.69) is 15.3 Å². The number of pyridine rings is 1. The van der Waals surface area contributed by atoms with Crippen LogP contribution in [-0.4, -0.2) is 16.5 Å². The number of halogens is 2. The van der Waals surface area contributed by atoms with Crippen LogP contribution in [0, 0.1) is 23.8 Å². The van der Waals surface area contributed by atoms with E-state index in [1.807, 2.05) is 6.07 Å². The fourth-order valence-electron chi connectivity index (χ4n) is 2.43. The predicted molar refractivity (Wildman–Crippen MR) is 89.7 cm³/mol. The number of hydrogen-bond acceptors (Lipinski definition) is 4. The minimum absolute atomic E-state index is 0.142. The average molecular weight is 342 g/mol. The van der Waals surface area contributed by atoms with Crippen molar-refractivity contribution in [2.75, 3.05) is 11.9 Å². The molecule has 0 unspecified atom stereocenters. The van der Waals surface area contributed by atoms with Crippen LogP contribution in [0.3, 0.4) is 0 Å². The Kier molecular flexibility index (Phi) is 4.83. The van der Waals surface area contributed by atoms with Gasteiger partial charge >= 0.3 is 0 Å². The Balaban J connectivity index is 1.75. The Morgan fingerprint density at radius 3 is 2.76 bits per heavy atom. The Morgan fingerprint density at radius 1 is 1.16 bits per heavy atom. The lowest BCUT2D eigenvalue weighted by atomic mass is 10.2. The highest BCUT2D eigenvalue weighted by Gasteiger charge is 2.11. The molecule has 128 valence electrons. The lowest BCUT2D eigenvalue weighted by Crippen LogP contribution is -2.25. The topological polar surface area (TPSA) is 64.8 Å². The highest BCUT2D eigenvalue weighted by atomic mass is 19.1. The van der Waals surface area contributed by atoms with E-state index in [4.69, 9.17) is 0 Å². The molecule has 0 aliphatic rings. The summed E-state index contributed by atoms with van der Waals surface area (Å²) in [5, 5.41) is 14.4. The van der Waals surface area contributed by atoms with Crippen LogP contribution >= 0.6 is 0 Å².